The molecular weight excluding hydrogens is 282 g/mol. The molecule has 1 aromatic carbocycles. The zero-order valence-electron chi connectivity index (χ0n) is 10.5. The van der Waals surface area contributed by atoms with Crippen LogP contribution in [0.15, 0.2) is 35.8 Å². The maximum Gasteiger partial charge on any atom is 0.321 e. The van der Waals surface area contributed by atoms with E-state index >= 15 is 0 Å². The summed E-state index contributed by atoms with van der Waals surface area (Å²) in [6.45, 7) is 0.625. The van der Waals surface area contributed by atoms with Crippen molar-refractivity contribution in [1.29, 1.82) is 0 Å². The fraction of sp³-hybridized carbons (Fsp3) is 0.231. The number of benzene rings is 1. The van der Waals surface area contributed by atoms with Crippen molar-refractivity contribution in [3.63, 3.8) is 0 Å². The topological polar surface area (TPSA) is 45.2 Å². The van der Waals surface area contributed by atoms with E-state index in [2.05, 4.69) is 10.3 Å². The standard InChI is InChI=1S/C13H14ClN3OS/c1-17(7-5-12-15-6-8-19-12)13(18)16-11-4-2-3-10(14)9-11/h2-4,6,8-9H,5,7H2,1H3,(H,16,18). The molecule has 2 amide bonds. The Hall–Kier alpha value is -1.59. The lowest BCUT2D eigenvalue weighted by Gasteiger charge is -2.17. The van der Waals surface area contributed by atoms with Crippen LogP contribution in [0.25, 0.3) is 0 Å². The first-order valence-corrected chi connectivity index (χ1v) is 7.07. The number of carbonyl (C=O) groups excluding carboxylic acids is 1. The van der Waals surface area contributed by atoms with Gasteiger partial charge in [-0.3, -0.25) is 0 Å². The number of nitrogens with one attached hydrogen (secondary N) is 1. The van der Waals surface area contributed by atoms with Crippen molar-refractivity contribution in [2.24, 2.45) is 0 Å². The molecule has 0 aliphatic rings. The van der Waals surface area contributed by atoms with Gasteiger partial charge < -0.3 is 10.2 Å². The van der Waals surface area contributed by atoms with E-state index in [1.54, 1.807) is 53.7 Å². The Morgan fingerprint density at radius 2 is 2.37 bits per heavy atom. The molecule has 19 heavy (non-hydrogen) atoms. The molecule has 1 heterocycles. The number of carbonyl (C=O) groups is 1. The highest BCUT2D eigenvalue weighted by Crippen LogP contribution is 2.15. The van der Waals surface area contributed by atoms with Gasteiger partial charge in [-0.1, -0.05) is 17.7 Å². The molecule has 1 aromatic heterocycles. The van der Waals surface area contributed by atoms with Crippen LogP contribution in [0.4, 0.5) is 10.5 Å². The summed E-state index contributed by atoms with van der Waals surface area (Å²) in [5.74, 6) is 0. The average molecular weight is 296 g/mol. The minimum Gasteiger partial charge on any atom is -0.327 e. The van der Waals surface area contributed by atoms with Gasteiger partial charge in [-0.25, -0.2) is 9.78 Å². The van der Waals surface area contributed by atoms with Gasteiger partial charge in [0.2, 0.25) is 0 Å². The molecule has 0 aliphatic carbocycles. The van der Waals surface area contributed by atoms with Gasteiger partial charge in [0.1, 0.15) is 0 Å². The second-order valence-electron chi connectivity index (χ2n) is 4.04. The number of amides is 2. The Kier molecular flexibility index (Phi) is 4.76. The van der Waals surface area contributed by atoms with E-state index in [1.165, 1.54) is 0 Å². The van der Waals surface area contributed by atoms with E-state index in [-0.39, 0.29) is 6.03 Å². The molecule has 6 heteroatoms. The highest BCUT2D eigenvalue weighted by atomic mass is 35.5. The maximum atomic E-state index is 11.9. The number of likely N-dealkylation sites (N-methyl/N-ethyl adjacent to an activating group) is 1. The molecule has 0 bridgehead atoms. The van der Waals surface area contributed by atoms with Gasteiger partial charge in [0.05, 0.1) is 5.01 Å². The molecule has 0 fully saturated rings. The van der Waals surface area contributed by atoms with Crippen LogP contribution in [0.1, 0.15) is 5.01 Å². The van der Waals surface area contributed by atoms with Gasteiger partial charge in [-0.05, 0) is 18.2 Å². The van der Waals surface area contributed by atoms with Gasteiger partial charge in [0.25, 0.3) is 0 Å². The average Bonchev–Trinajstić information content (AvgIpc) is 2.89. The third kappa shape index (κ3) is 4.22. The van der Waals surface area contributed by atoms with Crippen LogP contribution in [-0.2, 0) is 6.42 Å². The van der Waals surface area contributed by atoms with Crippen molar-refractivity contribution in [2.75, 3.05) is 18.9 Å². The van der Waals surface area contributed by atoms with Crippen LogP contribution in [-0.4, -0.2) is 29.5 Å². The molecule has 0 saturated carbocycles. The van der Waals surface area contributed by atoms with Crippen molar-refractivity contribution in [2.45, 2.75) is 6.42 Å². The van der Waals surface area contributed by atoms with Crippen LogP contribution >= 0.6 is 22.9 Å². The first kappa shape index (κ1) is 13.8. The van der Waals surface area contributed by atoms with Crippen molar-refractivity contribution >= 4 is 34.7 Å². The van der Waals surface area contributed by atoms with Crippen molar-refractivity contribution < 1.29 is 4.79 Å². The van der Waals surface area contributed by atoms with E-state index in [0.717, 1.165) is 11.4 Å². The number of aromatic nitrogens is 1. The fourth-order valence-electron chi connectivity index (χ4n) is 1.53. The predicted octanol–water partition coefficient (Wildman–Crippen LogP) is 3.50. The number of hydrogen-bond donors (Lipinski definition) is 1. The van der Waals surface area contributed by atoms with Gasteiger partial charge >= 0.3 is 6.03 Å². The summed E-state index contributed by atoms with van der Waals surface area (Å²) in [7, 11) is 1.76. The first-order valence-electron chi connectivity index (χ1n) is 5.81. The quantitative estimate of drug-likeness (QED) is 0.938. The second-order valence-corrected chi connectivity index (χ2v) is 5.45. The normalized spacial score (nSPS) is 10.2. The molecule has 0 spiro atoms. The molecule has 2 rings (SSSR count). The molecule has 1 N–H and O–H groups in total. The van der Waals surface area contributed by atoms with Crippen LogP contribution in [0.2, 0.25) is 5.02 Å². The number of halogens is 1. The third-order valence-electron chi connectivity index (χ3n) is 2.57. The predicted molar refractivity (Wildman–Crippen MR) is 78.9 cm³/mol. The van der Waals surface area contributed by atoms with Gasteiger partial charge in [-0.2, -0.15) is 0 Å². The monoisotopic (exact) mass is 295 g/mol. The molecule has 100 valence electrons. The Morgan fingerprint density at radius 1 is 1.53 bits per heavy atom. The van der Waals surface area contributed by atoms with E-state index in [4.69, 9.17) is 11.6 Å². The summed E-state index contributed by atoms with van der Waals surface area (Å²) < 4.78 is 0. The molecule has 0 radical (unpaired) electrons. The van der Waals surface area contributed by atoms with E-state index in [1.807, 2.05) is 5.38 Å². The van der Waals surface area contributed by atoms with Crippen molar-refractivity contribution in [3.05, 3.63) is 45.9 Å². The molecule has 0 aliphatic heterocycles. The molecule has 4 nitrogen and oxygen atoms in total. The lowest BCUT2D eigenvalue weighted by atomic mass is 10.3. The minimum absolute atomic E-state index is 0.154. The summed E-state index contributed by atoms with van der Waals surface area (Å²) in [6, 6.07) is 6.93. The number of hydrogen-bond acceptors (Lipinski definition) is 3. The molecule has 0 saturated heterocycles. The largest absolute Gasteiger partial charge is 0.327 e. The maximum absolute atomic E-state index is 11.9. The molecule has 2 aromatic rings. The van der Waals surface area contributed by atoms with E-state index < -0.39 is 0 Å². The van der Waals surface area contributed by atoms with E-state index in [0.29, 0.717) is 17.3 Å². The summed E-state index contributed by atoms with van der Waals surface area (Å²) in [5.41, 5.74) is 0.693. The number of anilines is 1. The Morgan fingerprint density at radius 3 is 3.05 bits per heavy atom. The Bertz CT molecular complexity index is 545. The summed E-state index contributed by atoms with van der Waals surface area (Å²) in [5, 5.41) is 6.36. The molecule has 0 unspecified atom stereocenters. The lowest BCUT2D eigenvalue weighted by molar-refractivity contribution is 0.223. The van der Waals surface area contributed by atoms with Crippen LogP contribution in [0, 0.1) is 0 Å². The number of thiazole rings is 1. The zero-order chi connectivity index (χ0) is 13.7. The number of nitrogens with zero attached hydrogens (tertiary/aromatic N) is 2. The lowest BCUT2D eigenvalue weighted by Crippen LogP contribution is -2.32. The Labute approximate surface area is 121 Å². The minimum atomic E-state index is -0.154. The Balaban J connectivity index is 1.85. The van der Waals surface area contributed by atoms with Crippen LogP contribution < -0.4 is 5.32 Å². The summed E-state index contributed by atoms with van der Waals surface area (Å²) >= 11 is 7.46. The number of rotatable bonds is 4. The summed E-state index contributed by atoms with van der Waals surface area (Å²) in [4.78, 5) is 17.8. The third-order valence-corrected chi connectivity index (χ3v) is 3.64. The van der Waals surface area contributed by atoms with Crippen LogP contribution in [0.5, 0.6) is 0 Å². The molecule has 0 atom stereocenters. The van der Waals surface area contributed by atoms with Crippen LogP contribution in [0.3, 0.4) is 0 Å². The molecular formula is C13H14ClN3OS. The van der Waals surface area contributed by atoms with Gasteiger partial charge in [-0.15, -0.1) is 11.3 Å². The highest BCUT2D eigenvalue weighted by Gasteiger charge is 2.09. The van der Waals surface area contributed by atoms with Gasteiger partial charge in [0.15, 0.2) is 0 Å². The van der Waals surface area contributed by atoms with Crippen molar-refractivity contribution in [1.82, 2.24) is 9.88 Å². The first-order chi connectivity index (χ1) is 9.15. The zero-order valence-corrected chi connectivity index (χ0v) is 12.0. The summed E-state index contributed by atoms with van der Waals surface area (Å²) in [6.07, 6.45) is 2.53. The fourth-order valence-corrected chi connectivity index (χ4v) is 2.33. The van der Waals surface area contributed by atoms with Crippen molar-refractivity contribution in [3.8, 4) is 0 Å². The smallest absolute Gasteiger partial charge is 0.321 e. The SMILES string of the molecule is CN(CCc1nccs1)C(=O)Nc1cccc(Cl)c1. The van der Waals surface area contributed by atoms with E-state index in [9.17, 15) is 4.79 Å². The van der Waals surface area contributed by atoms with Gasteiger partial charge in [0, 0.05) is 42.3 Å². The second kappa shape index (κ2) is 6.54. The highest BCUT2D eigenvalue weighted by molar-refractivity contribution is 7.09. The number of urea groups is 1.